The Kier molecular flexibility index (Phi) is 4.31. The van der Waals surface area contributed by atoms with E-state index in [1.807, 2.05) is 12.1 Å². The van der Waals surface area contributed by atoms with Crippen LogP contribution in [0.5, 0.6) is 5.75 Å². The maximum Gasteiger partial charge on any atom is 0.143 e. The van der Waals surface area contributed by atoms with Gasteiger partial charge in [-0.05, 0) is 37.8 Å². The first kappa shape index (κ1) is 13.0. The molecular formula is C14H22N2O2. The largest absolute Gasteiger partial charge is 0.495 e. The van der Waals surface area contributed by atoms with Crippen LogP contribution in [0.25, 0.3) is 0 Å². The minimum atomic E-state index is 0.273. The molecule has 1 aromatic carbocycles. The van der Waals surface area contributed by atoms with Crippen LogP contribution in [0.3, 0.4) is 0 Å². The van der Waals surface area contributed by atoms with E-state index in [1.165, 1.54) is 18.5 Å². The van der Waals surface area contributed by atoms with Gasteiger partial charge in [-0.1, -0.05) is 0 Å². The zero-order valence-electron chi connectivity index (χ0n) is 10.9. The molecule has 1 aliphatic heterocycles. The molecule has 0 amide bonds. The summed E-state index contributed by atoms with van der Waals surface area (Å²) in [6, 6.07) is 6.49. The smallest absolute Gasteiger partial charge is 0.143 e. The van der Waals surface area contributed by atoms with Crippen LogP contribution in [0.2, 0.25) is 0 Å². The van der Waals surface area contributed by atoms with Crippen LogP contribution in [0.15, 0.2) is 18.2 Å². The fourth-order valence-electron chi connectivity index (χ4n) is 2.68. The molecule has 0 aromatic heterocycles. The topological polar surface area (TPSA) is 58.7 Å². The van der Waals surface area contributed by atoms with Crippen molar-refractivity contribution in [3.63, 3.8) is 0 Å². The standard InChI is InChI=1S/C14H22N2O2/c1-18-14-10-12(6-7-13(14)15)16-8-2-4-11(16)5-3-9-17/h6-7,10-11,17H,2-5,8-9,15H2,1H3. The summed E-state index contributed by atoms with van der Waals surface area (Å²) in [5.41, 5.74) is 7.68. The molecule has 0 aliphatic carbocycles. The van der Waals surface area contributed by atoms with Crippen LogP contribution in [0.1, 0.15) is 25.7 Å². The Morgan fingerprint density at radius 2 is 2.33 bits per heavy atom. The lowest BCUT2D eigenvalue weighted by atomic mass is 10.1. The number of rotatable bonds is 5. The van der Waals surface area contributed by atoms with Gasteiger partial charge in [-0.25, -0.2) is 0 Å². The lowest BCUT2D eigenvalue weighted by Gasteiger charge is -2.27. The summed E-state index contributed by atoms with van der Waals surface area (Å²) < 4.78 is 5.27. The maximum absolute atomic E-state index is 8.95. The number of nitrogens with two attached hydrogens (primary N) is 1. The maximum atomic E-state index is 8.95. The Balaban J connectivity index is 2.14. The summed E-state index contributed by atoms with van der Waals surface area (Å²) in [5.74, 6) is 0.736. The number of hydrogen-bond acceptors (Lipinski definition) is 4. The molecule has 100 valence electrons. The van der Waals surface area contributed by atoms with Gasteiger partial charge >= 0.3 is 0 Å². The van der Waals surface area contributed by atoms with Crippen molar-refractivity contribution in [2.75, 3.05) is 30.9 Å². The van der Waals surface area contributed by atoms with Crippen LogP contribution in [-0.4, -0.2) is 31.4 Å². The monoisotopic (exact) mass is 250 g/mol. The summed E-state index contributed by atoms with van der Waals surface area (Å²) in [7, 11) is 1.64. The second-order valence-corrected chi connectivity index (χ2v) is 4.78. The second kappa shape index (κ2) is 5.96. The zero-order valence-corrected chi connectivity index (χ0v) is 10.9. The lowest BCUT2D eigenvalue weighted by molar-refractivity contribution is 0.279. The predicted molar refractivity (Wildman–Crippen MR) is 74.1 cm³/mol. The highest BCUT2D eigenvalue weighted by Gasteiger charge is 2.24. The van der Waals surface area contributed by atoms with Crippen LogP contribution >= 0.6 is 0 Å². The van der Waals surface area contributed by atoms with E-state index in [1.54, 1.807) is 7.11 Å². The highest BCUT2D eigenvalue weighted by molar-refractivity contribution is 5.63. The molecule has 1 aliphatic rings. The highest BCUT2D eigenvalue weighted by atomic mass is 16.5. The molecule has 4 heteroatoms. The van der Waals surface area contributed by atoms with Crippen molar-refractivity contribution in [1.82, 2.24) is 0 Å². The third kappa shape index (κ3) is 2.70. The third-order valence-electron chi connectivity index (χ3n) is 3.62. The van der Waals surface area contributed by atoms with Crippen LogP contribution in [0.4, 0.5) is 11.4 Å². The van der Waals surface area contributed by atoms with Crippen molar-refractivity contribution in [1.29, 1.82) is 0 Å². The number of hydrogen-bond donors (Lipinski definition) is 2. The van der Waals surface area contributed by atoms with Gasteiger partial charge in [0.05, 0.1) is 12.8 Å². The molecule has 1 atom stereocenters. The highest BCUT2D eigenvalue weighted by Crippen LogP contribution is 2.32. The van der Waals surface area contributed by atoms with Gasteiger partial charge in [0.1, 0.15) is 5.75 Å². The van der Waals surface area contributed by atoms with E-state index in [-0.39, 0.29) is 6.61 Å². The molecule has 2 rings (SSSR count). The summed E-state index contributed by atoms with van der Waals surface area (Å²) in [4.78, 5) is 2.40. The number of methoxy groups -OCH3 is 1. The van der Waals surface area contributed by atoms with Crippen molar-refractivity contribution in [3.8, 4) is 5.75 Å². The van der Waals surface area contributed by atoms with Crippen molar-refractivity contribution in [2.24, 2.45) is 0 Å². The van der Waals surface area contributed by atoms with Gasteiger partial charge in [0.2, 0.25) is 0 Å². The van der Waals surface area contributed by atoms with Gasteiger partial charge < -0.3 is 20.5 Å². The molecule has 1 unspecified atom stereocenters. The van der Waals surface area contributed by atoms with Crippen molar-refractivity contribution in [3.05, 3.63) is 18.2 Å². The van der Waals surface area contributed by atoms with E-state index in [0.29, 0.717) is 11.7 Å². The molecule has 0 spiro atoms. The van der Waals surface area contributed by atoms with Gasteiger partial charge in [0.25, 0.3) is 0 Å². The molecule has 1 saturated heterocycles. The first-order chi connectivity index (χ1) is 8.76. The van der Waals surface area contributed by atoms with Crippen molar-refractivity contribution in [2.45, 2.75) is 31.7 Å². The van der Waals surface area contributed by atoms with E-state index in [2.05, 4.69) is 11.0 Å². The molecular weight excluding hydrogens is 228 g/mol. The quantitative estimate of drug-likeness (QED) is 0.785. The van der Waals surface area contributed by atoms with Gasteiger partial charge in [0, 0.05) is 30.9 Å². The summed E-state index contributed by atoms with van der Waals surface area (Å²) in [5, 5.41) is 8.95. The van der Waals surface area contributed by atoms with Gasteiger partial charge in [-0.15, -0.1) is 0 Å². The Bertz CT molecular complexity index is 395. The Morgan fingerprint density at radius 3 is 3.06 bits per heavy atom. The number of nitrogen functional groups attached to an aromatic ring is 1. The molecule has 0 radical (unpaired) electrons. The minimum absolute atomic E-state index is 0.273. The predicted octanol–water partition coefficient (Wildman–Crippen LogP) is 2.02. The van der Waals surface area contributed by atoms with Gasteiger partial charge in [-0.3, -0.25) is 0 Å². The fraction of sp³-hybridized carbons (Fsp3) is 0.571. The minimum Gasteiger partial charge on any atom is -0.495 e. The molecule has 4 nitrogen and oxygen atoms in total. The van der Waals surface area contributed by atoms with E-state index < -0.39 is 0 Å². The Morgan fingerprint density at radius 1 is 1.50 bits per heavy atom. The normalized spacial score (nSPS) is 19.2. The van der Waals surface area contributed by atoms with Crippen molar-refractivity contribution < 1.29 is 9.84 Å². The zero-order chi connectivity index (χ0) is 13.0. The molecule has 18 heavy (non-hydrogen) atoms. The molecule has 1 fully saturated rings. The molecule has 0 saturated carbocycles. The third-order valence-corrected chi connectivity index (χ3v) is 3.62. The fourth-order valence-corrected chi connectivity index (χ4v) is 2.68. The first-order valence-electron chi connectivity index (χ1n) is 6.57. The number of anilines is 2. The van der Waals surface area contributed by atoms with Gasteiger partial charge in [-0.2, -0.15) is 0 Å². The molecule has 0 bridgehead atoms. The Labute approximate surface area is 108 Å². The van der Waals surface area contributed by atoms with Crippen LogP contribution in [0, 0.1) is 0 Å². The summed E-state index contributed by atoms with van der Waals surface area (Å²) >= 11 is 0. The lowest BCUT2D eigenvalue weighted by Crippen LogP contribution is -2.29. The Hall–Kier alpha value is -1.42. The average Bonchev–Trinajstić information content (AvgIpc) is 2.85. The van der Waals surface area contributed by atoms with E-state index in [9.17, 15) is 0 Å². The van der Waals surface area contributed by atoms with E-state index in [4.69, 9.17) is 15.6 Å². The molecule has 3 N–H and O–H groups in total. The first-order valence-corrected chi connectivity index (χ1v) is 6.57. The second-order valence-electron chi connectivity index (χ2n) is 4.78. The van der Waals surface area contributed by atoms with Crippen molar-refractivity contribution >= 4 is 11.4 Å². The molecule has 1 aromatic rings. The number of ether oxygens (including phenoxy) is 1. The summed E-state index contributed by atoms with van der Waals surface area (Å²) in [6.45, 7) is 1.35. The van der Waals surface area contributed by atoms with Crippen LogP contribution < -0.4 is 15.4 Å². The van der Waals surface area contributed by atoms with Gasteiger partial charge in [0.15, 0.2) is 0 Å². The SMILES string of the molecule is COc1cc(N2CCCC2CCCO)ccc1N. The van der Waals surface area contributed by atoms with E-state index in [0.717, 1.165) is 25.1 Å². The van der Waals surface area contributed by atoms with E-state index >= 15 is 0 Å². The number of benzene rings is 1. The number of aliphatic hydroxyl groups is 1. The summed E-state index contributed by atoms with van der Waals surface area (Å²) in [6.07, 6.45) is 4.33. The number of aliphatic hydroxyl groups excluding tert-OH is 1. The number of nitrogens with zero attached hydrogens (tertiary/aromatic N) is 1. The average molecular weight is 250 g/mol. The van der Waals surface area contributed by atoms with Crippen LogP contribution in [-0.2, 0) is 0 Å². The molecule has 1 heterocycles.